The van der Waals surface area contributed by atoms with Crippen LogP contribution in [0, 0.1) is 0 Å². The van der Waals surface area contributed by atoms with Gasteiger partial charge in [0.2, 0.25) is 0 Å². The fourth-order valence-electron chi connectivity index (χ4n) is 4.44. The van der Waals surface area contributed by atoms with Crippen molar-refractivity contribution in [2.24, 2.45) is 4.99 Å². The lowest BCUT2D eigenvalue weighted by atomic mass is 9.99. The van der Waals surface area contributed by atoms with Crippen LogP contribution in [0.5, 0.6) is 0 Å². The highest BCUT2D eigenvalue weighted by Crippen LogP contribution is 2.40. The molecular weight excluding hydrogens is 386 g/mol. The minimum Gasteiger partial charge on any atom is -0.466 e. The minimum atomic E-state index is -1.29. The second-order valence-electron chi connectivity index (χ2n) is 7.24. The van der Waals surface area contributed by atoms with E-state index >= 15 is 0 Å². The topological polar surface area (TPSA) is 72.8 Å². The number of esters is 1. The first kappa shape index (κ1) is 19.9. The average Bonchev–Trinajstić information content (AvgIpc) is 3.55. The molecule has 2 aliphatic carbocycles. The third-order valence-electron chi connectivity index (χ3n) is 5.71. The standard InChI is InChI=1S/C20H21N3O3S.C2H6/c1-25-18(24)20(17-21-8-9-27-17)11-22-19(26-20)23-16-14-6-2-4-12(14)10-13-5-3-7-15(13)16;1-2/h8-10H,2-7,11H2,1H3,(H,22,23);1-2H3. The molecular formula is C22H27N3O3S. The Morgan fingerprint density at radius 3 is 2.45 bits per heavy atom. The molecule has 1 aromatic carbocycles. The summed E-state index contributed by atoms with van der Waals surface area (Å²) >= 11 is 1.37. The molecule has 6 nitrogen and oxygen atoms in total. The van der Waals surface area contributed by atoms with Crippen molar-refractivity contribution in [2.45, 2.75) is 58.0 Å². The summed E-state index contributed by atoms with van der Waals surface area (Å²) in [7, 11) is 1.36. The van der Waals surface area contributed by atoms with Gasteiger partial charge in [0.1, 0.15) is 6.54 Å². The summed E-state index contributed by atoms with van der Waals surface area (Å²) in [6.45, 7) is 4.17. The van der Waals surface area contributed by atoms with Crippen molar-refractivity contribution in [3.05, 3.63) is 44.9 Å². The Morgan fingerprint density at radius 1 is 1.17 bits per heavy atom. The first-order chi connectivity index (χ1) is 14.2. The number of aryl methyl sites for hydroxylation is 2. The molecule has 154 valence electrons. The van der Waals surface area contributed by atoms with Gasteiger partial charge in [0.25, 0.3) is 11.6 Å². The highest BCUT2D eigenvalue weighted by molar-refractivity contribution is 7.09. The molecule has 1 N–H and O–H groups in total. The monoisotopic (exact) mass is 413 g/mol. The molecule has 7 heteroatoms. The lowest BCUT2D eigenvalue weighted by Crippen LogP contribution is -2.41. The lowest BCUT2D eigenvalue weighted by molar-refractivity contribution is -0.159. The Labute approximate surface area is 175 Å². The van der Waals surface area contributed by atoms with Crippen LogP contribution in [-0.2, 0) is 45.6 Å². The van der Waals surface area contributed by atoms with Crippen LogP contribution < -0.4 is 5.32 Å². The van der Waals surface area contributed by atoms with Gasteiger partial charge in [-0.1, -0.05) is 19.9 Å². The SMILES string of the molecule is CC.COC(=O)C1(c2nccs2)CN=C(Nc2c3c(cc4c2CCC4)CCC3)O1. The van der Waals surface area contributed by atoms with E-state index in [-0.39, 0.29) is 6.54 Å². The first-order valence-corrected chi connectivity index (χ1v) is 11.2. The Hall–Kier alpha value is -2.41. The number of nitrogens with one attached hydrogen (secondary N) is 1. The second kappa shape index (κ2) is 8.14. The predicted molar refractivity (Wildman–Crippen MR) is 115 cm³/mol. The summed E-state index contributed by atoms with van der Waals surface area (Å²) < 4.78 is 11.1. The number of hydrogen-bond acceptors (Lipinski definition) is 7. The number of benzene rings is 1. The molecule has 0 spiro atoms. The number of carbonyl (C=O) groups excluding carboxylic acids is 1. The third kappa shape index (κ3) is 3.31. The van der Waals surface area contributed by atoms with Gasteiger partial charge in [-0.3, -0.25) is 0 Å². The van der Waals surface area contributed by atoms with Crippen LogP contribution in [0.15, 0.2) is 22.6 Å². The summed E-state index contributed by atoms with van der Waals surface area (Å²) in [5, 5.41) is 5.83. The predicted octanol–water partition coefficient (Wildman–Crippen LogP) is 4.01. The highest BCUT2D eigenvalue weighted by Gasteiger charge is 2.51. The van der Waals surface area contributed by atoms with E-state index in [2.05, 4.69) is 21.4 Å². The van der Waals surface area contributed by atoms with Crippen molar-refractivity contribution < 1.29 is 14.3 Å². The molecule has 3 aliphatic rings. The van der Waals surface area contributed by atoms with Gasteiger partial charge >= 0.3 is 5.97 Å². The lowest BCUT2D eigenvalue weighted by Gasteiger charge is -2.24. The van der Waals surface area contributed by atoms with Crippen molar-refractivity contribution in [1.29, 1.82) is 0 Å². The minimum absolute atomic E-state index is 0.173. The van der Waals surface area contributed by atoms with Gasteiger partial charge in [0.15, 0.2) is 5.01 Å². The molecule has 0 saturated heterocycles. The van der Waals surface area contributed by atoms with Crippen molar-refractivity contribution in [2.75, 3.05) is 19.0 Å². The van der Waals surface area contributed by atoms with E-state index in [4.69, 9.17) is 9.47 Å². The maximum Gasteiger partial charge on any atom is 0.359 e. The molecule has 0 radical (unpaired) electrons. The van der Waals surface area contributed by atoms with Gasteiger partial charge in [-0.15, -0.1) is 11.3 Å². The summed E-state index contributed by atoms with van der Waals surface area (Å²) in [6, 6.07) is 2.77. The molecule has 0 fully saturated rings. The number of rotatable bonds is 3. The molecule has 0 bridgehead atoms. The fraction of sp³-hybridized carbons (Fsp3) is 0.500. The maximum absolute atomic E-state index is 12.5. The zero-order valence-corrected chi connectivity index (χ0v) is 18.0. The maximum atomic E-state index is 12.5. The van der Waals surface area contributed by atoms with Crippen LogP contribution in [0.1, 0.15) is 54.0 Å². The quantitative estimate of drug-likeness (QED) is 0.770. The molecule has 2 aromatic rings. The Morgan fingerprint density at radius 2 is 1.86 bits per heavy atom. The number of nitrogens with zero attached hydrogens (tertiary/aromatic N) is 2. The van der Waals surface area contributed by atoms with Gasteiger partial charge in [-0.05, 0) is 60.8 Å². The van der Waals surface area contributed by atoms with E-state index in [1.807, 2.05) is 19.2 Å². The molecule has 1 aromatic heterocycles. The van der Waals surface area contributed by atoms with Gasteiger partial charge in [0.05, 0.1) is 7.11 Å². The number of thiazole rings is 1. The van der Waals surface area contributed by atoms with Crippen LogP contribution in [0.4, 0.5) is 5.69 Å². The summed E-state index contributed by atoms with van der Waals surface area (Å²) in [4.78, 5) is 21.3. The Kier molecular flexibility index (Phi) is 5.58. The Bertz CT molecular complexity index is 907. The van der Waals surface area contributed by atoms with Gasteiger partial charge in [-0.2, -0.15) is 0 Å². The normalized spacial score (nSPS) is 21.4. The van der Waals surface area contributed by atoms with E-state index in [9.17, 15) is 4.79 Å². The molecule has 5 rings (SSSR count). The van der Waals surface area contributed by atoms with Crippen LogP contribution in [0.25, 0.3) is 0 Å². The molecule has 29 heavy (non-hydrogen) atoms. The smallest absolute Gasteiger partial charge is 0.359 e. The number of fused-ring (bicyclic) bond motifs is 2. The first-order valence-electron chi connectivity index (χ1n) is 10.4. The zero-order chi connectivity index (χ0) is 20.4. The summed E-state index contributed by atoms with van der Waals surface area (Å²) in [5.41, 5.74) is 5.51. The molecule has 1 aliphatic heterocycles. The van der Waals surface area contributed by atoms with Gasteiger partial charge in [0, 0.05) is 17.3 Å². The zero-order valence-electron chi connectivity index (χ0n) is 17.2. The fourth-order valence-corrected chi connectivity index (χ4v) is 5.20. The summed E-state index contributed by atoms with van der Waals surface area (Å²) in [6.07, 6.45) is 8.46. The number of ether oxygens (including phenoxy) is 2. The number of anilines is 1. The van der Waals surface area contributed by atoms with Gasteiger partial charge < -0.3 is 14.8 Å². The molecule has 1 atom stereocenters. The number of aromatic nitrogens is 1. The van der Waals surface area contributed by atoms with E-state index < -0.39 is 11.6 Å². The second-order valence-corrected chi connectivity index (χ2v) is 8.13. The molecule has 1 unspecified atom stereocenters. The third-order valence-corrected chi connectivity index (χ3v) is 6.63. The molecule has 2 heterocycles. The van der Waals surface area contributed by atoms with E-state index in [1.54, 1.807) is 6.20 Å². The number of methoxy groups -OCH3 is 1. The van der Waals surface area contributed by atoms with Crippen LogP contribution in [0.3, 0.4) is 0 Å². The van der Waals surface area contributed by atoms with Crippen LogP contribution >= 0.6 is 11.3 Å². The number of carbonyl (C=O) groups is 1. The highest BCUT2D eigenvalue weighted by atomic mass is 32.1. The van der Waals surface area contributed by atoms with Crippen molar-refractivity contribution >= 4 is 29.0 Å². The Balaban J connectivity index is 0.000000994. The number of amidine groups is 1. The number of aliphatic imine (C=N–C) groups is 1. The average molecular weight is 414 g/mol. The van der Waals surface area contributed by atoms with Crippen LogP contribution in [-0.4, -0.2) is 30.6 Å². The largest absolute Gasteiger partial charge is 0.466 e. The van der Waals surface area contributed by atoms with E-state index in [0.717, 1.165) is 31.4 Å². The van der Waals surface area contributed by atoms with E-state index in [0.29, 0.717) is 11.0 Å². The van der Waals surface area contributed by atoms with Crippen LogP contribution in [0.2, 0.25) is 0 Å². The van der Waals surface area contributed by atoms with Gasteiger partial charge in [-0.25, -0.2) is 14.8 Å². The van der Waals surface area contributed by atoms with Crippen molar-refractivity contribution in [1.82, 2.24) is 4.98 Å². The van der Waals surface area contributed by atoms with E-state index in [1.165, 1.54) is 53.5 Å². The van der Waals surface area contributed by atoms with Crippen molar-refractivity contribution in [3.8, 4) is 0 Å². The molecule has 0 amide bonds. The summed E-state index contributed by atoms with van der Waals surface area (Å²) in [5.74, 6) is -0.471. The van der Waals surface area contributed by atoms with Crippen molar-refractivity contribution in [3.63, 3.8) is 0 Å². The number of hydrogen-bond donors (Lipinski definition) is 1. The molecule has 0 saturated carbocycles.